The molecule has 0 saturated carbocycles. The molecule has 184 valence electrons. The van der Waals surface area contributed by atoms with Crippen molar-refractivity contribution < 1.29 is 19.4 Å². The van der Waals surface area contributed by atoms with Gasteiger partial charge in [-0.2, -0.15) is 0 Å². The molecular weight excluding hydrogens is 540 g/mol. The van der Waals surface area contributed by atoms with Crippen molar-refractivity contribution in [3.8, 4) is 5.75 Å². The Morgan fingerprint density at radius 1 is 1.06 bits per heavy atom. The monoisotopic (exact) mass is 564 g/mol. The molecule has 6 nitrogen and oxygen atoms in total. The number of anilines is 1. The number of aliphatic carboxylic acids is 1. The van der Waals surface area contributed by atoms with Crippen molar-refractivity contribution in [3.63, 3.8) is 0 Å². The number of thioether (sulfide) groups is 1. The van der Waals surface area contributed by atoms with Crippen LogP contribution in [-0.4, -0.2) is 28.8 Å². The molecule has 1 saturated heterocycles. The first kappa shape index (κ1) is 25.7. The van der Waals surface area contributed by atoms with E-state index in [1.807, 2.05) is 48.5 Å². The topological polar surface area (TPSA) is 79.2 Å². The number of amidine groups is 1. The van der Waals surface area contributed by atoms with Crippen LogP contribution in [0.3, 0.4) is 0 Å². The molecule has 1 amide bonds. The molecule has 0 aliphatic carbocycles. The summed E-state index contributed by atoms with van der Waals surface area (Å²) in [5, 5.41) is 9.61. The lowest BCUT2D eigenvalue weighted by molar-refractivity contribution is -0.139. The molecule has 0 radical (unpaired) electrons. The Balaban J connectivity index is 1.83. The van der Waals surface area contributed by atoms with Crippen molar-refractivity contribution in [2.45, 2.75) is 26.7 Å². The molecule has 8 heteroatoms. The highest BCUT2D eigenvalue weighted by Crippen LogP contribution is 2.40. The van der Waals surface area contributed by atoms with Gasteiger partial charge in [-0.3, -0.25) is 9.69 Å². The number of carboxylic acid groups (broad SMARTS) is 1. The average molecular weight is 565 g/mol. The van der Waals surface area contributed by atoms with Crippen LogP contribution >= 0.6 is 27.7 Å². The molecule has 3 aromatic rings. The Morgan fingerprint density at radius 3 is 2.47 bits per heavy atom. The number of benzene rings is 3. The molecule has 1 aliphatic heterocycles. The zero-order valence-electron chi connectivity index (χ0n) is 19.9. The maximum absolute atomic E-state index is 13.8. The Morgan fingerprint density at radius 2 is 1.75 bits per heavy atom. The number of nitrogens with zero attached hydrogens (tertiary/aromatic N) is 2. The molecule has 0 atom stereocenters. The van der Waals surface area contributed by atoms with Crippen molar-refractivity contribution in [2.24, 2.45) is 4.99 Å². The predicted octanol–water partition coefficient (Wildman–Crippen LogP) is 6.85. The first-order chi connectivity index (χ1) is 17.4. The lowest BCUT2D eigenvalue weighted by Gasteiger charge is -2.19. The van der Waals surface area contributed by atoms with Crippen LogP contribution < -0.4 is 9.64 Å². The number of halogens is 1. The highest BCUT2D eigenvalue weighted by molar-refractivity contribution is 9.10. The fourth-order valence-corrected chi connectivity index (χ4v) is 5.21. The summed E-state index contributed by atoms with van der Waals surface area (Å²) in [6.07, 6.45) is 3.31. The largest absolute Gasteiger partial charge is 0.481 e. The summed E-state index contributed by atoms with van der Waals surface area (Å²) in [6, 6.07) is 21.0. The maximum Gasteiger partial charge on any atom is 0.341 e. The lowest BCUT2D eigenvalue weighted by atomic mass is 10.1. The van der Waals surface area contributed by atoms with Crippen molar-refractivity contribution in [1.82, 2.24) is 0 Å². The molecule has 1 N–H and O–H groups in total. The van der Waals surface area contributed by atoms with Crippen molar-refractivity contribution >= 4 is 62.2 Å². The van der Waals surface area contributed by atoms with Gasteiger partial charge in [-0.25, -0.2) is 9.79 Å². The number of aryl methyl sites for hydroxylation is 2. The number of hydrogen-bond acceptors (Lipinski definition) is 5. The van der Waals surface area contributed by atoms with Gasteiger partial charge >= 0.3 is 5.97 Å². The van der Waals surface area contributed by atoms with Gasteiger partial charge in [-0.1, -0.05) is 66.2 Å². The minimum Gasteiger partial charge on any atom is -0.481 e. The molecule has 1 heterocycles. The van der Waals surface area contributed by atoms with E-state index in [1.165, 1.54) is 11.8 Å². The predicted molar refractivity (Wildman–Crippen MR) is 149 cm³/mol. The van der Waals surface area contributed by atoms with E-state index in [0.717, 1.165) is 39.8 Å². The van der Waals surface area contributed by atoms with Gasteiger partial charge in [0.25, 0.3) is 5.91 Å². The van der Waals surface area contributed by atoms with Crippen LogP contribution in [0.4, 0.5) is 11.4 Å². The minimum atomic E-state index is -1.07. The second kappa shape index (κ2) is 11.6. The standard InChI is InChI=1S/C28H25BrN2O4S/c1-3-18-9-5-7-11-22(18)30-28-31(23-12-8-6-10-19(23)4-2)27(34)25(36-28)16-20-15-21(29)13-14-24(20)35-17-26(32)33/h5-16H,3-4,17H2,1-2H3,(H,32,33). The number of carboxylic acids is 1. The highest BCUT2D eigenvalue weighted by Gasteiger charge is 2.36. The fraction of sp³-hybridized carbons (Fsp3) is 0.179. The van der Waals surface area contributed by atoms with E-state index in [9.17, 15) is 9.59 Å². The Kier molecular flexibility index (Phi) is 8.28. The molecule has 0 unspecified atom stereocenters. The second-order valence-corrected chi connectivity index (χ2v) is 9.90. The maximum atomic E-state index is 13.8. The number of carbonyl (C=O) groups excluding carboxylic acids is 1. The smallest absolute Gasteiger partial charge is 0.341 e. The number of carbonyl (C=O) groups is 2. The quantitative estimate of drug-likeness (QED) is 0.303. The van der Waals surface area contributed by atoms with E-state index >= 15 is 0 Å². The lowest BCUT2D eigenvalue weighted by Crippen LogP contribution is -2.29. The number of ether oxygens (including phenoxy) is 1. The molecular formula is C28H25BrN2O4S. The van der Waals surface area contributed by atoms with E-state index in [1.54, 1.807) is 29.2 Å². The van der Waals surface area contributed by atoms with Gasteiger partial charge < -0.3 is 9.84 Å². The van der Waals surface area contributed by atoms with Crippen LogP contribution in [0.25, 0.3) is 6.08 Å². The molecule has 1 aliphatic rings. The van der Waals surface area contributed by atoms with Gasteiger partial charge in [0.2, 0.25) is 0 Å². The fourth-order valence-electron chi connectivity index (χ4n) is 3.86. The van der Waals surface area contributed by atoms with Gasteiger partial charge in [0.15, 0.2) is 11.8 Å². The van der Waals surface area contributed by atoms with Crippen molar-refractivity contribution in [1.29, 1.82) is 0 Å². The van der Waals surface area contributed by atoms with E-state index in [-0.39, 0.29) is 5.91 Å². The van der Waals surface area contributed by atoms with Gasteiger partial charge in [-0.15, -0.1) is 0 Å². The summed E-state index contributed by atoms with van der Waals surface area (Å²) in [5.74, 6) is -0.893. The minimum absolute atomic E-state index is 0.196. The van der Waals surface area contributed by atoms with Gasteiger partial charge in [0, 0.05) is 10.0 Å². The van der Waals surface area contributed by atoms with E-state index in [2.05, 4.69) is 29.8 Å². The molecule has 4 rings (SSSR count). The molecule has 36 heavy (non-hydrogen) atoms. The van der Waals surface area contributed by atoms with Gasteiger partial charge in [0.05, 0.1) is 16.3 Å². The van der Waals surface area contributed by atoms with Crippen LogP contribution in [-0.2, 0) is 22.4 Å². The Hall–Kier alpha value is -3.36. The summed E-state index contributed by atoms with van der Waals surface area (Å²) >= 11 is 4.74. The van der Waals surface area contributed by atoms with Crippen molar-refractivity contribution in [3.05, 3.63) is 92.8 Å². The van der Waals surface area contributed by atoms with Crippen LogP contribution in [0.5, 0.6) is 5.75 Å². The van der Waals surface area contributed by atoms with Crippen LogP contribution in [0.15, 0.2) is 81.1 Å². The normalized spacial score (nSPS) is 15.6. The van der Waals surface area contributed by atoms with Gasteiger partial charge in [0.1, 0.15) is 5.75 Å². The third kappa shape index (κ3) is 5.71. The van der Waals surface area contributed by atoms with Crippen LogP contribution in [0, 0.1) is 0 Å². The molecule has 3 aromatic carbocycles. The number of para-hydroxylation sites is 2. The average Bonchev–Trinajstić information content (AvgIpc) is 3.17. The number of amides is 1. The zero-order valence-corrected chi connectivity index (χ0v) is 22.3. The molecule has 1 fully saturated rings. The third-order valence-corrected chi connectivity index (χ3v) is 7.08. The van der Waals surface area contributed by atoms with E-state index in [0.29, 0.717) is 21.4 Å². The summed E-state index contributed by atoms with van der Waals surface area (Å²) in [5.41, 5.74) is 4.35. The molecule has 0 bridgehead atoms. The van der Waals surface area contributed by atoms with Crippen LogP contribution in [0.1, 0.15) is 30.5 Å². The van der Waals surface area contributed by atoms with E-state index < -0.39 is 12.6 Å². The summed E-state index contributed by atoms with van der Waals surface area (Å²) < 4.78 is 6.25. The van der Waals surface area contributed by atoms with Crippen molar-refractivity contribution in [2.75, 3.05) is 11.5 Å². The summed E-state index contributed by atoms with van der Waals surface area (Å²) in [7, 11) is 0. The van der Waals surface area contributed by atoms with E-state index in [4.69, 9.17) is 14.8 Å². The highest BCUT2D eigenvalue weighted by atomic mass is 79.9. The Bertz CT molecular complexity index is 1370. The number of aliphatic imine (C=N–C) groups is 1. The third-order valence-electron chi connectivity index (χ3n) is 5.62. The Labute approximate surface area is 222 Å². The molecule has 0 aromatic heterocycles. The number of rotatable bonds is 8. The second-order valence-electron chi connectivity index (χ2n) is 7.97. The van der Waals surface area contributed by atoms with Crippen LogP contribution in [0.2, 0.25) is 0 Å². The van der Waals surface area contributed by atoms with Gasteiger partial charge in [-0.05, 0) is 72.1 Å². The zero-order chi connectivity index (χ0) is 25.7. The number of hydrogen-bond donors (Lipinski definition) is 1. The summed E-state index contributed by atoms with van der Waals surface area (Å²) in [4.78, 5) is 31.9. The SMILES string of the molecule is CCc1ccccc1N=C1SC(=Cc2cc(Br)ccc2OCC(=O)O)C(=O)N1c1ccccc1CC. The first-order valence-electron chi connectivity index (χ1n) is 11.5. The first-order valence-corrected chi connectivity index (χ1v) is 13.1. The summed E-state index contributed by atoms with van der Waals surface area (Å²) in [6.45, 7) is 3.66. The molecule has 0 spiro atoms.